The molecular weight excluding hydrogens is 301 g/mol. The van der Waals surface area contributed by atoms with E-state index in [1.807, 2.05) is 6.92 Å². The molecule has 0 aromatic heterocycles. The Kier molecular flexibility index (Phi) is 6.36. The smallest absolute Gasteiger partial charge is 0.408 e. The average molecular weight is 325 g/mol. The molecule has 0 bridgehead atoms. The number of alkyl carbamates (subject to hydrolysis) is 1. The van der Waals surface area contributed by atoms with Crippen molar-refractivity contribution in [1.82, 2.24) is 5.32 Å². The highest BCUT2D eigenvalue weighted by Crippen LogP contribution is 2.24. The minimum atomic E-state index is -0.831. The SMILES string of the molecule is CCNc1c(F)cccc1NC(=O)[C@@H](C)NC(=O)OC(C)(C)C. The van der Waals surface area contributed by atoms with Gasteiger partial charge >= 0.3 is 6.09 Å². The zero-order chi connectivity index (χ0) is 17.6. The number of para-hydroxylation sites is 1. The molecule has 0 spiro atoms. The maximum absolute atomic E-state index is 13.8. The predicted octanol–water partition coefficient (Wildman–Crippen LogP) is 3.11. The van der Waals surface area contributed by atoms with E-state index < -0.39 is 29.5 Å². The molecule has 3 N–H and O–H groups in total. The molecule has 0 heterocycles. The lowest BCUT2D eigenvalue weighted by Crippen LogP contribution is -2.44. The summed E-state index contributed by atoms with van der Waals surface area (Å²) in [6, 6.07) is 3.55. The Balaban J connectivity index is 2.72. The Labute approximate surface area is 135 Å². The van der Waals surface area contributed by atoms with Crippen LogP contribution in [0.5, 0.6) is 0 Å². The van der Waals surface area contributed by atoms with Gasteiger partial charge in [0.25, 0.3) is 0 Å². The molecule has 23 heavy (non-hydrogen) atoms. The van der Waals surface area contributed by atoms with E-state index in [0.717, 1.165) is 0 Å². The number of amides is 2. The van der Waals surface area contributed by atoms with E-state index in [0.29, 0.717) is 12.2 Å². The van der Waals surface area contributed by atoms with E-state index >= 15 is 0 Å². The van der Waals surface area contributed by atoms with Crippen molar-refractivity contribution in [2.75, 3.05) is 17.2 Å². The van der Waals surface area contributed by atoms with Crippen LogP contribution in [0.1, 0.15) is 34.6 Å². The third-order valence-corrected chi connectivity index (χ3v) is 2.75. The topological polar surface area (TPSA) is 79.5 Å². The average Bonchev–Trinajstić information content (AvgIpc) is 2.40. The zero-order valence-corrected chi connectivity index (χ0v) is 14.1. The number of carbonyl (C=O) groups excluding carboxylic acids is 2. The summed E-state index contributed by atoms with van der Waals surface area (Å²) in [4.78, 5) is 23.8. The number of nitrogens with one attached hydrogen (secondary N) is 3. The van der Waals surface area contributed by atoms with Gasteiger partial charge in [-0.3, -0.25) is 4.79 Å². The highest BCUT2D eigenvalue weighted by molar-refractivity contribution is 5.98. The summed E-state index contributed by atoms with van der Waals surface area (Å²) >= 11 is 0. The van der Waals surface area contributed by atoms with E-state index in [2.05, 4.69) is 16.0 Å². The zero-order valence-electron chi connectivity index (χ0n) is 14.1. The van der Waals surface area contributed by atoms with Crippen LogP contribution in [0.3, 0.4) is 0 Å². The lowest BCUT2D eigenvalue weighted by Gasteiger charge is -2.22. The number of hydrogen-bond donors (Lipinski definition) is 3. The molecule has 1 aromatic carbocycles. The molecule has 1 aromatic rings. The summed E-state index contributed by atoms with van der Waals surface area (Å²) < 4.78 is 18.9. The standard InChI is InChI=1S/C16H24FN3O3/c1-6-18-13-11(17)8-7-9-12(13)20-14(21)10(2)19-15(22)23-16(3,4)5/h7-10,18H,6H2,1-5H3,(H,19,22)(H,20,21)/t10-/m1/s1. The van der Waals surface area contributed by atoms with Crippen LogP contribution in [0.4, 0.5) is 20.6 Å². The van der Waals surface area contributed by atoms with E-state index in [1.54, 1.807) is 26.8 Å². The van der Waals surface area contributed by atoms with Crippen molar-refractivity contribution in [3.05, 3.63) is 24.0 Å². The summed E-state index contributed by atoms with van der Waals surface area (Å²) in [5.74, 6) is -0.932. The number of anilines is 2. The van der Waals surface area contributed by atoms with Gasteiger partial charge in [0.1, 0.15) is 17.5 Å². The maximum Gasteiger partial charge on any atom is 0.408 e. The van der Waals surface area contributed by atoms with Crippen LogP contribution >= 0.6 is 0 Å². The molecule has 0 saturated carbocycles. The first kappa shape index (κ1) is 18.7. The van der Waals surface area contributed by atoms with E-state index in [1.165, 1.54) is 19.1 Å². The third kappa shape index (κ3) is 6.14. The van der Waals surface area contributed by atoms with E-state index in [4.69, 9.17) is 4.74 Å². The van der Waals surface area contributed by atoms with Crippen molar-refractivity contribution in [3.8, 4) is 0 Å². The largest absolute Gasteiger partial charge is 0.444 e. The van der Waals surface area contributed by atoms with Crippen LogP contribution in [-0.4, -0.2) is 30.2 Å². The summed E-state index contributed by atoms with van der Waals surface area (Å²) in [5.41, 5.74) is -0.122. The Morgan fingerprint density at radius 2 is 1.96 bits per heavy atom. The van der Waals surface area contributed by atoms with Gasteiger partial charge in [-0.25, -0.2) is 9.18 Å². The summed E-state index contributed by atoms with van der Waals surface area (Å²) in [6.45, 7) is 9.04. The van der Waals surface area contributed by atoms with Crippen molar-refractivity contribution < 1.29 is 18.7 Å². The molecular formula is C16H24FN3O3. The van der Waals surface area contributed by atoms with Gasteiger partial charge in [0, 0.05) is 6.54 Å². The molecule has 128 valence electrons. The second-order valence-corrected chi connectivity index (χ2v) is 6.05. The van der Waals surface area contributed by atoms with Gasteiger partial charge in [0.2, 0.25) is 5.91 Å². The first-order valence-electron chi connectivity index (χ1n) is 7.46. The van der Waals surface area contributed by atoms with Gasteiger partial charge in [0.15, 0.2) is 0 Å². The minimum Gasteiger partial charge on any atom is -0.444 e. The van der Waals surface area contributed by atoms with Crippen LogP contribution in [0.25, 0.3) is 0 Å². The van der Waals surface area contributed by atoms with Gasteiger partial charge in [-0.05, 0) is 46.8 Å². The molecule has 0 fully saturated rings. The normalized spacial score (nSPS) is 12.3. The monoisotopic (exact) mass is 325 g/mol. The first-order chi connectivity index (χ1) is 10.6. The number of ether oxygens (including phenoxy) is 1. The Morgan fingerprint density at radius 1 is 1.30 bits per heavy atom. The second-order valence-electron chi connectivity index (χ2n) is 6.05. The maximum atomic E-state index is 13.8. The van der Waals surface area contributed by atoms with Gasteiger partial charge < -0.3 is 20.7 Å². The minimum absolute atomic E-state index is 0.216. The van der Waals surface area contributed by atoms with Gasteiger partial charge in [0.05, 0.1) is 11.4 Å². The predicted molar refractivity (Wildman–Crippen MR) is 88.0 cm³/mol. The van der Waals surface area contributed by atoms with E-state index in [9.17, 15) is 14.0 Å². The molecule has 2 amide bonds. The molecule has 7 heteroatoms. The molecule has 0 aliphatic carbocycles. The van der Waals surface area contributed by atoms with Gasteiger partial charge in [-0.1, -0.05) is 6.07 Å². The highest BCUT2D eigenvalue weighted by Gasteiger charge is 2.21. The van der Waals surface area contributed by atoms with Crippen LogP contribution in [0.15, 0.2) is 18.2 Å². The van der Waals surface area contributed by atoms with Crippen LogP contribution in [0, 0.1) is 5.82 Å². The number of hydrogen-bond acceptors (Lipinski definition) is 4. The van der Waals surface area contributed by atoms with Crippen molar-refractivity contribution in [2.45, 2.75) is 46.3 Å². The Hall–Kier alpha value is -2.31. The van der Waals surface area contributed by atoms with Crippen molar-refractivity contribution >= 4 is 23.4 Å². The lowest BCUT2D eigenvalue weighted by atomic mass is 10.2. The Bertz CT molecular complexity index is 570. The van der Waals surface area contributed by atoms with Gasteiger partial charge in [-0.15, -0.1) is 0 Å². The molecule has 6 nitrogen and oxygen atoms in total. The van der Waals surface area contributed by atoms with Crippen molar-refractivity contribution in [2.24, 2.45) is 0 Å². The summed E-state index contributed by atoms with van der Waals surface area (Å²) in [7, 11) is 0. The quantitative estimate of drug-likeness (QED) is 0.777. The summed E-state index contributed by atoms with van der Waals surface area (Å²) in [5, 5.41) is 7.89. The molecule has 0 radical (unpaired) electrons. The van der Waals surface area contributed by atoms with Crippen LogP contribution in [-0.2, 0) is 9.53 Å². The Morgan fingerprint density at radius 3 is 2.52 bits per heavy atom. The van der Waals surface area contributed by atoms with Gasteiger partial charge in [-0.2, -0.15) is 0 Å². The third-order valence-electron chi connectivity index (χ3n) is 2.75. The molecule has 0 aliphatic rings. The number of benzene rings is 1. The number of carbonyl (C=O) groups is 2. The number of halogens is 1. The number of rotatable bonds is 5. The van der Waals surface area contributed by atoms with Crippen molar-refractivity contribution in [1.29, 1.82) is 0 Å². The first-order valence-corrected chi connectivity index (χ1v) is 7.46. The molecule has 0 saturated heterocycles. The second kappa shape index (κ2) is 7.80. The molecule has 0 unspecified atom stereocenters. The van der Waals surface area contributed by atoms with Crippen molar-refractivity contribution in [3.63, 3.8) is 0 Å². The molecule has 0 aliphatic heterocycles. The molecule has 1 rings (SSSR count). The summed E-state index contributed by atoms with van der Waals surface area (Å²) in [6.07, 6.45) is -0.689. The lowest BCUT2D eigenvalue weighted by molar-refractivity contribution is -0.117. The highest BCUT2D eigenvalue weighted by atomic mass is 19.1. The fourth-order valence-electron chi connectivity index (χ4n) is 1.78. The van der Waals surface area contributed by atoms with Crippen LogP contribution in [0.2, 0.25) is 0 Å². The van der Waals surface area contributed by atoms with Crippen LogP contribution < -0.4 is 16.0 Å². The molecule has 1 atom stereocenters. The van der Waals surface area contributed by atoms with E-state index in [-0.39, 0.29) is 5.69 Å². The fraction of sp³-hybridized carbons (Fsp3) is 0.500. The fourth-order valence-corrected chi connectivity index (χ4v) is 1.78.